The zero-order valence-corrected chi connectivity index (χ0v) is 14.7. The molecule has 4 heteroatoms. The van der Waals surface area contributed by atoms with E-state index in [0.717, 1.165) is 17.5 Å². The van der Waals surface area contributed by atoms with Gasteiger partial charge in [-0.2, -0.15) is 0 Å². The van der Waals surface area contributed by atoms with Gasteiger partial charge in [-0.05, 0) is 42.2 Å². The Labute approximate surface area is 143 Å². The molecular formula is C20H24N2O2. The zero-order valence-electron chi connectivity index (χ0n) is 14.7. The summed E-state index contributed by atoms with van der Waals surface area (Å²) in [4.78, 5) is 24.5. The van der Waals surface area contributed by atoms with Crippen LogP contribution in [-0.4, -0.2) is 36.9 Å². The molecule has 0 fully saturated rings. The van der Waals surface area contributed by atoms with Crippen LogP contribution in [0.1, 0.15) is 29.8 Å². The van der Waals surface area contributed by atoms with Crippen molar-refractivity contribution in [2.24, 2.45) is 0 Å². The van der Waals surface area contributed by atoms with E-state index >= 15 is 0 Å². The van der Waals surface area contributed by atoms with Gasteiger partial charge in [0.05, 0.1) is 0 Å². The van der Waals surface area contributed by atoms with Crippen molar-refractivity contribution in [2.75, 3.05) is 14.1 Å². The Morgan fingerprint density at radius 3 is 1.92 bits per heavy atom. The first-order valence-electron chi connectivity index (χ1n) is 8.05. The molecule has 0 heterocycles. The number of benzene rings is 2. The molecule has 0 saturated carbocycles. The summed E-state index contributed by atoms with van der Waals surface area (Å²) in [5.74, 6) is -0.00432. The van der Waals surface area contributed by atoms with E-state index in [1.54, 1.807) is 19.0 Å². The molecule has 24 heavy (non-hydrogen) atoms. The van der Waals surface area contributed by atoms with Crippen molar-refractivity contribution in [1.29, 1.82) is 0 Å². The van der Waals surface area contributed by atoms with Crippen LogP contribution in [0.2, 0.25) is 0 Å². The Bertz CT molecular complexity index is 703. The lowest BCUT2D eigenvalue weighted by atomic mass is 10.00. The Kier molecular flexibility index (Phi) is 5.74. The average molecular weight is 324 g/mol. The van der Waals surface area contributed by atoms with Gasteiger partial charge in [0.1, 0.15) is 0 Å². The highest BCUT2D eigenvalue weighted by atomic mass is 16.2. The lowest BCUT2D eigenvalue weighted by molar-refractivity contribution is -0.119. The second kappa shape index (κ2) is 7.77. The van der Waals surface area contributed by atoms with Crippen LogP contribution in [0, 0.1) is 0 Å². The summed E-state index contributed by atoms with van der Waals surface area (Å²) >= 11 is 0. The van der Waals surface area contributed by atoms with Crippen LogP contribution in [0.3, 0.4) is 0 Å². The SMILES string of the molecule is CC(=O)NC(C)Cc1ccc(-c2ccc(C(=O)N(C)C)cc2)cc1. The number of carbonyl (C=O) groups is 2. The van der Waals surface area contributed by atoms with Gasteiger partial charge >= 0.3 is 0 Å². The molecule has 126 valence electrons. The van der Waals surface area contributed by atoms with Crippen LogP contribution >= 0.6 is 0 Å². The minimum absolute atomic E-state index is 0.00357. The van der Waals surface area contributed by atoms with E-state index in [1.165, 1.54) is 12.5 Å². The lowest BCUT2D eigenvalue weighted by Crippen LogP contribution is -2.31. The monoisotopic (exact) mass is 324 g/mol. The summed E-state index contributed by atoms with van der Waals surface area (Å²) < 4.78 is 0. The number of amides is 2. The van der Waals surface area contributed by atoms with Crippen LogP contribution in [-0.2, 0) is 11.2 Å². The van der Waals surface area contributed by atoms with Gasteiger partial charge in [0.15, 0.2) is 0 Å². The number of hydrogen-bond donors (Lipinski definition) is 1. The van der Waals surface area contributed by atoms with Gasteiger partial charge in [0, 0.05) is 32.6 Å². The normalized spacial score (nSPS) is 11.7. The topological polar surface area (TPSA) is 49.4 Å². The maximum absolute atomic E-state index is 11.9. The first-order chi connectivity index (χ1) is 11.4. The third-order valence-corrected chi connectivity index (χ3v) is 3.82. The summed E-state index contributed by atoms with van der Waals surface area (Å²) in [6.07, 6.45) is 0.802. The van der Waals surface area contributed by atoms with Gasteiger partial charge in [-0.1, -0.05) is 36.4 Å². The zero-order chi connectivity index (χ0) is 17.7. The molecule has 0 aliphatic heterocycles. The highest BCUT2D eigenvalue weighted by Gasteiger charge is 2.08. The second-order valence-corrected chi connectivity index (χ2v) is 6.28. The molecule has 0 spiro atoms. The maximum atomic E-state index is 11.9. The van der Waals surface area contributed by atoms with Gasteiger partial charge in [-0.3, -0.25) is 9.59 Å². The minimum Gasteiger partial charge on any atom is -0.354 e. The quantitative estimate of drug-likeness (QED) is 0.918. The molecule has 0 radical (unpaired) electrons. The summed E-state index contributed by atoms with van der Waals surface area (Å²) in [5.41, 5.74) is 4.05. The predicted octanol–water partition coefficient (Wildman–Crippen LogP) is 3.12. The largest absolute Gasteiger partial charge is 0.354 e. The molecule has 0 aromatic heterocycles. The van der Waals surface area contributed by atoms with E-state index in [2.05, 4.69) is 29.6 Å². The molecule has 2 aromatic rings. The van der Waals surface area contributed by atoms with Gasteiger partial charge in [-0.25, -0.2) is 0 Å². The summed E-state index contributed by atoms with van der Waals surface area (Å²) in [6.45, 7) is 3.53. The third kappa shape index (κ3) is 4.69. The molecule has 1 unspecified atom stereocenters. The first-order valence-corrected chi connectivity index (χ1v) is 8.05. The van der Waals surface area contributed by atoms with Gasteiger partial charge < -0.3 is 10.2 Å². The number of rotatable bonds is 5. The van der Waals surface area contributed by atoms with E-state index in [9.17, 15) is 9.59 Å². The predicted molar refractivity (Wildman–Crippen MR) is 96.9 cm³/mol. The van der Waals surface area contributed by atoms with Crippen LogP contribution in [0.5, 0.6) is 0 Å². The second-order valence-electron chi connectivity index (χ2n) is 6.28. The fourth-order valence-electron chi connectivity index (χ4n) is 2.65. The van der Waals surface area contributed by atoms with Crippen LogP contribution in [0.15, 0.2) is 48.5 Å². The molecule has 0 saturated heterocycles. The Balaban J connectivity index is 2.08. The highest BCUT2D eigenvalue weighted by molar-refractivity contribution is 5.94. The number of carbonyl (C=O) groups excluding carboxylic acids is 2. The van der Waals surface area contributed by atoms with E-state index < -0.39 is 0 Å². The molecule has 0 aliphatic carbocycles. The molecule has 1 atom stereocenters. The summed E-state index contributed by atoms with van der Waals surface area (Å²) in [5, 5.41) is 2.89. The molecule has 2 amide bonds. The third-order valence-electron chi connectivity index (χ3n) is 3.82. The van der Waals surface area contributed by atoms with Crippen molar-refractivity contribution >= 4 is 11.8 Å². The molecule has 4 nitrogen and oxygen atoms in total. The molecule has 0 aliphatic rings. The molecule has 2 rings (SSSR count). The lowest BCUT2D eigenvalue weighted by Gasteiger charge is -2.13. The van der Waals surface area contributed by atoms with Crippen LogP contribution in [0.4, 0.5) is 0 Å². The van der Waals surface area contributed by atoms with Crippen molar-refractivity contribution < 1.29 is 9.59 Å². The maximum Gasteiger partial charge on any atom is 0.253 e. The fourth-order valence-corrected chi connectivity index (χ4v) is 2.65. The van der Waals surface area contributed by atoms with Crippen molar-refractivity contribution in [2.45, 2.75) is 26.3 Å². The van der Waals surface area contributed by atoms with Crippen LogP contribution in [0.25, 0.3) is 11.1 Å². The standard InChI is InChI=1S/C20H24N2O2/c1-14(21-15(2)23)13-16-5-7-17(8-6-16)18-9-11-19(12-10-18)20(24)22(3)4/h5-12,14H,13H2,1-4H3,(H,21,23). The van der Waals surface area contributed by atoms with Crippen molar-refractivity contribution in [1.82, 2.24) is 10.2 Å². The van der Waals surface area contributed by atoms with Crippen molar-refractivity contribution in [3.63, 3.8) is 0 Å². The summed E-state index contributed by atoms with van der Waals surface area (Å²) in [7, 11) is 3.49. The minimum atomic E-state index is -0.00789. The smallest absolute Gasteiger partial charge is 0.253 e. The van der Waals surface area contributed by atoms with E-state index in [4.69, 9.17) is 0 Å². The van der Waals surface area contributed by atoms with E-state index in [-0.39, 0.29) is 17.9 Å². The molecule has 0 bridgehead atoms. The molecular weight excluding hydrogens is 300 g/mol. The Hall–Kier alpha value is -2.62. The number of nitrogens with one attached hydrogen (secondary N) is 1. The van der Waals surface area contributed by atoms with Gasteiger partial charge in [0.2, 0.25) is 5.91 Å². The average Bonchev–Trinajstić information content (AvgIpc) is 2.54. The van der Waals surface area contributed by atoms with Gasteiger partial charge in [-0.15, -0.1) is 0 Å². The van der Waals surface area contributed by atoms with Crippen LogP contribution < -0.4 is 5.32 Å². The summed E-state index contributed by atoms with van der Waals surface area (Å²) in [6, 6.07) is 16.0. The fraction of sp³-hybridized carbons (Fsp3) is 0.300. The van der Waals surface area contributed by atoms with Crippen molar-refractivity contribution in [3.8, 4) is 11.1 Å². The number of hydrogen-bond acceptors (Lipinski definition) is 2. The van der Waals surface area contributed by atoms with E-state index in [0.29, 0.717) is 5.56 Å². The van der Waals surface area contributed by atoms with Crippen molar-refractivity contribution in [3.05, 3.63) is 59.7 Å². The number of nitrogens with zero attached hydrogens (tertiary/aromatic N) is 1. The first kappa shape index (κ1) is 17.7. The Morgan fingerprint density at radius 1 is 0.958 bits per heavy atom. The Morgan fingerprint density at radius 2 is 1.46 bits per heavy atom. The van der Waals surface area contributed by atoms with E-state index in [1.807, 2.05) is 31.2 Å². The van der Waals surface area contributed by atoms with Gasteiger partial charge in [0.25, 0.3) is 5.91 Å². The molecule has 1 N–H and O–H groups in total. The molecule has 2 aromatic carbocycles. The highest BCUT2D eigenvalue weighted by Crippen LogP contribution is 2.21.